The van der Waals surface area contributed by atoms with Crippen LogP contribution in [0.5, 0.6) is 0 Å². The third kappa shape index (κ3) is 1.84. The van der Waals surface area contributed by atoms with Gasteiger partial charge in [0.25, 0.3) is 5.56 Å². The summed E-state index contributed by atoms with van der Waals surface area (Å²) in [6.07, 6.45) is 0. The maximum atomic E-state index is 11.7. The van der Waals surface area contributed by atoms with Crippen LogP contribution in [-0.2, 0) is 18.4 Å². The summed E-state index contributed by atoms with van der Waals surface area (Å²) in [6, 6.07) is 0. The molecule has 0 aliphatic rings. The van der Waals surface area contributed by atoms with Crippen LogP contribution in [0, 0.1) is 0 Å². The predicted molar refractivity (Wildman–Crippen MR) is 64.0 cm³/mol. The molecule has 0 fully saturated rings. The van der Waals surface area contributed by atoms with E-state index in [0.29, 0.717) is 4.73 Å². The molecule has 0 saturated heterocycles. The highest BCUT2D eigenvalue weighted by Crippen LogP contribution is 2.15. The largest absolute Gasteiger partial charge is 0.329 e. The second kappa shape index (κ2) is 3.95. The molecule has 1 N–H and O–H groups in total. The van der Waals surface area contributed by atoms with Crippen molar-refractivity contribution in [2.75, 3.05) is 0 Å². The van der Waals surface area contributed by atoms with Crippen LogP contribution in [0.1, 0.15) is 6.92 Å². The highest BCUT2D eigenvalue weighted by molar-refractivity contribution is 9.10. The van der Waals surface area contributed by atoms with Crippen LogP contribution < -0.4 is 11.2 Å². The molecule has 0 radical (unpaired) electrons. The number of nitrogens with zero attached hydrogens (tertiary/aromatic N) is 3. The third-order valence-electron chi connectivity index (χ3n) is 2.34. The van der Waals surface area contributed by atoms with Gasteiger partial charge in [-0.2, -0.15) is 0 Å². The molecule has 0 atom stereocenters. The van der Waals surface area contributed by atoms with Crippen LogP contribution in [0.3, 0.4) is 0 Å². The summed E-state index contributed by atoms with van der Waals surface area (Å²) in [5.74, 6) is -0.113. The normalized spacial score (nSPS) is 11.0. The zero-order valence-corrected chi connectivity index (χ0v) is 10.7. The molecule has 0 aliphatic carbocycles. The second-order valence-electron chi connectivity index (χ2n) is 3.66. The average Bonchev–Trinajstić information content (AvgIpc) is 2.53. The Morgan fingerprint density at radius 3 is 2.71 bits per heavy atom. The Morgan fingerprint density at radius 1 is 1.47 bits per heavy atom. The quantitative estimate of drug-likeness (QED) is 0.776. The number of Topliss-reactive ketones (excluding diaryl/α,β-unsaturated/α-hetero) is 1. The summed E-state index contributed by atoms with van der Waals surface area (Å²) in [5, 5.41) is 0. The molecule has 0 unspecified atom stereocenters. The fourth-order valence-electron chi connectivity index (χ4n) is 1.57. The van der Waals surface area contributed by atoms with Crippen molar-refractivity contribution in [3.05, 3.63) is 25.6 Å². The first-order chi connectivity index (χ1) is 7.91. The van der Waals surface area contributed by atoms with Crippen LogP contribution >= 0.6 is 15.9 Å². The molecule has 0 saturated carbocycles. The molecule has 0 spiro atoms. The number of carbonyl (C=O) groups excluding carboxylic acids is 1. The lowest BCUT2D eigenvalue weighted by molar-refractivity contribution is -0.117. The second-order valence-corrected chi connectivity index (χ2v) is 4.37. The van der Waals surface area contributed by atoms with Gasteiger partial charge in [-0.25, -0.2) is 9.78 Å². The van der Waals surface area contributed by atoms with Gasteiger partial charge in [-0.05, 0) is 22.9 Å². The fourth-order valence-corrected chi connectivity index (χ4v) is 2.05. The monoisotopic (exact) mass is 300 g/mol. The minimum absolute atomic E-state index is 0.0262. The smallest absolute Gasteiger partial charge is 0.305 e. The first-order valence-corrected chi connectivity index (χ1v) is 5.55. The Kier molecular flexibility index (Phi) is 2.74. The maximum absolute atomic E-state index is 11.7. The van der Waals surface area contributed by atoms with E-state index in [9.17, 15) is 14.4 Å². The molecule has 0 aromatic carbocycles. The molecular formula is C9H9BrN4O3. The number of hydrogen-bond donors (Lipinski definition) is 1. The average molecular weight is 301 g/mol. The minimum atomic E-state index is -0.553. The number of imidazole rings is 1. The molecule has 2 rings (SSSR count). The van der Waals surface area contributed by atoms with Gasteiger partial charge in [0.05, 0.1) is 6.54 Å². The van der Waals surface area contributed by atoms with E-state index in [1.54, 1.807) is 0 Å². The Labute approximate surface area is 103 Å². The summed E-state index contributed by atoms with van der Waals surface area (Å²) < 4.78 is 2.99. The molecule has 0 bridgehead atoms. The van der Waals surface area contributed by atoms with Crippen molar-refractivity contribution in [1.82, 2.24) is 19.1 Å². The van der Waals surface area contributed by atoms with E-state index >= 15 is 0 Å². The lowest BCUT2D eigenvalue weighted by atomic mass is 10.4. The van der Waals surface area contributed by atoms with Crippen molar-refractivity contribution in [3.8, 4) is 0 Å². The number of aromatic nitrogens is 4. The first-order valence-electron chi connectivity index (χ1n) is 4.76. The maximum Gasteiger partial charge on any atom is 0.329 e. The van der Waals surface area contributed by atoms with E-state index in [4.69, 9.17) is 0 Å². The van der Waals surface area contributed by atoms with Crippen LogP contribution in [0.2, 0.25) is 0 Å². The minimum Gasteiger partial charge on any atom is -0.305 e. The SMILES string of the molecule is CC(=O)Cn1c(Br)nc2c1c(=O)[nH]c(=O)n2C. The number of aryl methyl sites for hydroxylation is 1. The van der Waals surface area contributed by atoms with Gasteiger partial charge in [0.15, 0.2) is 15.9 Å². The van der Waals surface area contributed by atoms with Crippen LogP contribution in [-0.4, -0.2) is 24.9 Å². The predicted octanol–water partition coefficient (Wildman–Crippen LogP) is -0.225. The summed E-state index contributed by atoms with van der Waals surface area (Å²) in [5.41, 5.74) is -0.647. The molecule has 2 aromatic rings. The van der Waals surface area contributed by atoms with Gasteiger partial charge in [-0.1, -0.05) is 0 Å². The van der Waals surface area contributed by atoms with E-state index in [-0.39, 0.29) is 23.5 Å². The Hall–Kier alpha value is -1.70. The van der Waals surface area contributed by atoms with Gasteiger partial charge in [-0.15, -0.1) is 0 Å². The molecule has 0 amide bonds. The van der Waals surface area contributed by atoms with Crippen molar-refractivity contribution in [2.24, 2.45) is 7.05 Å². The van der Waals surface area contributed by atoms with E-state index in [1.807, 2.05) is 0 Å². The summed E-state index contributed by atoms with van der Waals surface area (Å²) in [7, 11) is 1.50. The topological polar surface area (TPSA) is 89.8 Å². The van der Waals surface area contributed by atoms with E-state index in [0.717, 1.165) is 0 Å². The van der Waals surface area contributed by atoms with Crippen molar-refractivity contribution < 1.29 is 4.79 Å². The molecule has 2 aromatic heterocycles. The Bertz CT molecular complexity index is 724. The first kappa shape index (κ1) is 11.8. The van der Waals surface area contributed by atoms with Crippen LogP contribution in [0.25, 0.3) is 11.2 Å². The van der Waals surface area contributed by atoms with Crippen molar-refractivity contribution >= 4 is 32.9 Å². The van der Waals surface area contributed by atoms with Gasteiger partial charge in [0.1, 0.15) is 5.78 Å². The van der Waals surface area contributed by atoms with Crippen molar-refractivity contribution in [2.45, 2.75) is 13.5 Å². The standard InChI is InChI=1S/C9H9BrN4O3/c1-4(15)3-14-5-6(11-8(14)10)13(2)9(17)12-7(5)16/h3H2,1-2H3,(H,12,16,17). The fraction of sp³-hybridized carbons (Fsp3) is 0.333. The summed E-state index contributed by atoms with van der Waals surface area (Å²) >= 11 is 3.16. The number of nitrogens with one attached hydrogen (secondary N) is 1. The molecular weight excluding hydrogens is 292 g/mol. The number of hydrogen-bond acceptors (Lipinski definition) is 4. The zero-order chi connectivity index (χ0) is 12.7. The van der Waals surface area contributed by atoms with E-state index in [2.05, 4.69) is 25.9 Å². The van der Waals surface area contributed by atoms with Gasteiger partial charge in [-0.3, -0.25) is 19.1 Å². The molecule has 7 nitrogen and oxygen atoms in total. The molecule has 17 heavy (non-hydrogen) atoms. The Morgan fingerprint density at radius 2 is 2.12 bits per heavy atom. The van der Waals surface area contributed by atoms with Gasteiger partial charge in [0.2, 0.25) is 0 Å². The molecule has 0 aliphatic heterocycles. The lowest BCUT2D eigenvalue weighted by Gasteiger charge is -2.02. The van der Waals surface area contributed by atoms with E-state index < -0.39 is 11.2 Å². The van der Waals surface area contributed by atoms with Crippen LogP contribution in [0.4, 0.5) is 0 Å². The number of carbonyl (C=O) groups is 1. The molecule has 2 heterocycles. The van der Waals surface area contributed by atoms with Gasteiger partial charge in [0, 0.05) is 7.05 Å². The van der Waals surface area contributed by atoms with E-state index in [1.165, 1.54) is 23.1 Å². The number of fused-ring (bicyclic) bond motifs is 1. The highest BCUT2D eigenvalue weighted by atomic mass is 79.9. The number of halogens is 1. The number of ketones is 1. The molecule has 90 valence electrons. The van der Waals surface area contributed by atoms with Gasteiger partial charge < -0.3 is 4.57 Å². The third-order valence-corrected chi connectivity index (χ3v) is 2.95. The van der Waals surface area contributed by atoms with Crippen LogP contribution in [0.15, 0.2) is 14.3 Å². The molecule has 8 heteroatoms. The van der Waals surface area contributed by atoms with Crippen molar-refractivity contribution in [3.63, 3.8) is 0 Å². The number of H-pyrrole nitrogens is 1. The van der Waals surface area contributed by atoms with Gasteiger partial charge >= 0.3 is 5.69 Å². The van der Waals surface area contributed by atoms with Crippen molar-refractivity contribution in [1.29, 1.82) is 0 Å². The summed E-state index contributed by atoms with van der Waals surface area (Å²) in [4.78, 5) is 40.4. The highest BCUT2D eigenvalue weighted by Gasteiger charge is 2.16. The number of rotatable bonds is 2. The number of aromatic amines is 1. The Balaban J connectivity index is 2.92. The lowest BCUT2D eigenvalue weighted by Crippen LogP contribution is -2.29. The zero-order valence-electron chi connectivity index (χ0n) is 9.15. The summed E-state index contributed by atoms with van der Waals surface area (Å²) in [6.45, 7) is 1.44.